The molecule has 2 aromatic rings. The van der Waals surface area contributed by atoms with E-state index in [4.69, 9.17) is 32.4 Å². The molecule has 0 aliphatic carbocycles. The predicted octanol–water partition coefficient (Wildman–Crippen LogP) is 3.17. The molecule has 0 unspecified atom stereocenters. The average molecular weight is 371 g/mol. The number of amides is 2. The highest BCUT2D eigenvalue weighted by atomic mass is 35.5. The largest absolute Gasteiger partial charge is 0.465 e. The third kappa shape index (κ3) is 5.56. The molecule has 24 heavy (non-hydrogen) atoms. The van der Waals surface area contributed by atoms with Crippen LogP contribution in [0.1, 0.15) is 11.5 Å². The van der Waals surface area contributed by atoms with E-state index in [1.807, 2.05) is 13.0 Å². The van der Waals surface area contributed by atoms with Gasteiger partial charge in [-0.05, 0) is 31.2 Å². The molecule has 0 aliphatic heterocycles. The Hall–Kier alpha value is -2.02. The number of ether oxygens (including phenoxy) is 1. The summed E-state index contributed by atoms with van der Waals surface area (Å²) in [6.07, 6.45) is 0. The Labute approximate surface area is 149 Å². The Balaban J connectivity index is 1.68. The van der Waals surface area contributed by atoms with E-state index in [-0.39, 0.29) is 30.7 Å². The minimum atomic E-state index is -0.436. The van der Waals surface area contributed by atoms with E-state index < -0.39 is 5.91 Å². The number of hydrogen-bond acceptors (Lipinski definition) is 4. The molecule has 0 saturated heterocycles. The second-order valence-corrected chi connectivity index (χ2v) is 5.72. The van der Waals surface area contributed by atoms with Gasteiger partial charge >= 0.3 is 0 Å². The maximum absolute atomic E-state index is 11.8. The molecule has 0 aliphatic rings. The zero-order chi connectivity index (χ0) is 17.5. The van der Waals surface area contributed by atoms with Crippen molar-refractivity contribution in [3.63, 3.8) is 0 Å². The van der Waals surface area contributed by atoms with Crippen LogP contribution in [0.25, 0.3) is 0 Å². The van der Waals surface area contributed by atoms with Gasteiger partial charge in [-0.2, -0.15) is 0 Å². The fourth-order valence-corrected chi connectivity index (χ4v) is 2.19. The molecule has 2 N–H and O–H groups in total. The van der Waals surface area contributed by atoms with Crippen LogP contribution in [0.3, 0.4) is 0 Å². The molecule has 0 atom stereocenters. The maximum atomic E-state index is 11.8. The Morgan fingerprint density at radius 1 is 1.12 bits per heavy atom. The summed E-state index contributed by atoms with van der Waals surface area (Å²) >= 11 is 11.8. The molecule has 1 heterocycles. The lowest BCUT2D eigenvalue weighted by atomic mass is 10.3. The van der Waals surface area contributed by atoms with Crippen LogP contribution in [0.4, 0.5) is 5.69 Å². The summed E-state index contributed by atoms with van der Waals surface area (Å²) in [5.41, 5.74) is 0.385. The van der Waals surface area contributed by atoms with E-state index in [1.165, 1.54) is 0 Å². The molecule has 1 aromatic carbocycles. The van der Waals surface area contributed by atoms with Crippen LogP contribution >= 0.6 is 23.2 Å². The Bertz CT molecular complexity index is 731. The molecule has 0 radical (unpaired) electrons. The number of carbonyl (C=O) groups is 2. The quantitative estimate of drug-likeness (QED) is 0.784. The van der Waals surface area contributed by atoms with Crippen molar-refractivity contribution in [1.29, 1.82) is 0 Å². The van der Waals surface area contributed by atoms with Crippen LogP contribution < -0.4 is 10.6 Å². The van der Waals surface area contributed by atoms with E-state index in [2.05, 4.69) is 10.6 Å². The molecule has 0 spiro atoms. The van der Waals surface area contributed by atoms with Gasteiger partial charge in [0, 0.05) is 0 Å². The van der Waals surface area contributed by atoms with Crippen molar-refractivity contribution in [2.75, 3.05) is 18.5 Å². The Morgan fingerprint density at radius 2 is 1.88 bits per heavy atom. The number of hydrogen-bond donors (Lipinski definition) is 2. The molecule has 0 saturated carbocycles. The molecule has 2 amide bonds. The van der Waals surface area contributed by atoms with Gasteiger partial charge in [-0.3, -0.25) is 9.59 Å². The van der Waals surface area contributed by atoms with Gasteiger partial charge in [-0.25, -0.2) is 0 Å². The molecule has 0 bridgehead atoms. The number of furan rings is 1. The second kappa shape index (κ2) is 8.73. The number of carbonyl (C=O) groups excluding carboxylic acids is 2. The SMILES string of the molecule is Cc1ccc(CNC(=O)COCC(=O)Nc2cccc(Cl)c2Cl)o1. The van der Waals surface area contributed by atoms with Gasteiger partial charge in [0.25, 0.3) is 0 Å². The summed E-state index contributed by atoms with van der Waals surface area (Å²) in [5.74, 6) is 0.632. The van der Waals surface area contributed by atoms with Gasteiger partial charge in [-0.15, -0.1) is 0 Å². The monoisotopic (exact) mass is 370 g/mol. The molecule has 6 nitrogen and oxygen atoms in total. The number of anilines is 1. The number of rotatable bonds is 7. The van der Waals surface area contributed by atoms with Crippen LogP contribution in [0.2, 0.25) is 10.0 Å². The predicted molar refractivity (Wildman–Crippen MR) is 91.2 cm³/mol. The summed E-state index contributed by atoms with van der Waals surface area (Å²) in [6.45, 7) is 1.56. The first-order chi connectivity index (χ1) is 11.5. The van der Waals surface area contributed by atoms with Crippen LogP contribution in [-0.4, -0.2) is 25.0 Å². The van der Waals surface area contributed by atoms with Gasteiger partial charge < -0.3 is 19.8 Å². The van der Waals surface area contributed by atoms with Gasteiger partial charge in [0.15, 0.2) is 0 Å². The summed E-state index contributed by atoms with van der Waals surface area (Å²) in [7, 11) is 0. The average Bonchev–Trinajstić information content (AvgIpc) is 2.95. The fraction of sp³-hybridized carbons (Fsp3) is 0.250. The molecule has 0 fully saturated rings. The first kappa shape index (κ1) is 18.3. The second-order valence-electron chi connectivity index (χ2n) is 4.93. The van der Waals surface area contributed by atoms with E-state index in [1.54, 1.807) is 24.3 Å². The van der Waals surface area contributed by atoms with Crippen molar-refractivity contribution >= 4 is 40.7 Å². The highest BCUT2D eigenvalue weighted by molar-refractivity contribution is 6.43. The molecule has 1 aromatic heterocycles. The van der Waals surface area contributed by atoms with Crippen LogP contribution in [0.15, 0.2) is 34.7 Å². The highest BCUT2D eigenvalue weighted by Gasteiger charge is 2.10. The number of halogens is 2. The first-order valence-electron chi connectivity index (χ1n) is 7.09. The van der Waals surface area contributed by atoms with Crippen molar-refractivity contribution in [3.8, 4) is 0 Å². The summed E-state index contributed by atoms with van der Waals surface area (Å²) in [6, 6.07) is 8.47. The van der Waals surface area contributed by atoms with E-state index in [9.17, 15) is 9.59 Å². The molecular formula is C16H16Cl2N2O4. The maximum Gasteiger partial charge on any atom is 0.250 e. The molecule has 8 heteroatoms. The van der Waals surface area contributed by atoms with E-state index in [0.29, 0.717) is 16.5 Å². The van der Waals surface area contributed by atoms with Gasteiger partial charge in [0.05, 0.1) is 22.3 Å². The highest BCUT2D eigenvalue weighted by Crippen LogP contribution is 2.29. The van der Waals surface area contributed by atoms with E-state index >= 15 is 0 Å². The van der Waals surface area contributed by atoms with Gasteiger partial charge in [-0.1, -0.05) is 29.3 Å². The van der Waals surface area contributed by atoms with Gasteiger partial charge in [0.1, 0.15) is 24.7 Å². The molecule has 128 valence electrons. The Kier molecular flexibility index (Phi) is 6.66. The van der Waals surface area contributed by atoms with Crippen molar-refractivity contribution in [3.05, 3.63) is 51.9 Å². The first-order valence-corrected chi connectivity index (χ1v) is 7.85. The standard InChI is InChI=1S/C16H16Cl2N2O4/c1-10-5-6-11(24-10)7-19-14(21)8-23-9-15(22)20-13-4-2-3-12(17)16(13)18/h2-6H,7-9H2,1H3,(H,19,21)(H,20,22). The summed E-state index contributed by atoms with van der Waals surface area (Å²) < 4.78 is 10.4. The number of benzene rings is 1. The van der Waals surface area contributed by atoms with Crippen LogP contribution in [-0.2, 0) is 20.9 Å². The van der Waals surface area contributed by atoms with Gasteiger partial charge in [0.2, 0.25) is 11.8 Å². The van der Waals surface area contributed by atoms with Crippen LogP contribution in [0.5, 0.6) is 0 Å². The zero-order valence-corrected chi connectivity index (χ0v) is 14.4. The van der Waals surface area contributed by atoms with Crippen LogP contribution in [0, 0.1) is 6.92 Å². The number of nitrogens with one attached hydrogen (secondary N) is 2. The Morgan fingerprint density at radius 3 is 2.58 bits per heavy atom. The van der Waals surface area contributed by atoms with Crippen molar-refractivity contribution in [2.45, 2.75) is 13.5 Å². The summed E-state index contributed by atoms with van der Waals surface area (Å²) in [4.78, 5) is 23.4. The minimum Gasteiger partial charge on any atom is -0.465 e. The fourth-order valence-electron chi connectivity index (χ4n) is 1.84. The van der Waals surface area contributed by atoms with Crippen molar-refractivity contribution in [1.82, 2.24) is 5.32 Å². The topological polar surface area (TPSA) is 80.6 Å². The molecular weight excluding hydrogens is 355 g/mol. The lowest BCUT2D eigenvalue weighted by Gasteiger charge is -2.08. The zero-order valence-electron chi connectivity index (χ0n) is 12.9. The van der Waals surface area contributed by atoms with Crippen molar-refractivity contribution in [2.24, 2.45) is 0 Å². The summed E-state index contributed by atoms with van der Waals surface area (Å²) in [5, 5.41) is 5.77. The van der Waals surface area contributed by atoms with E-state index in [0.717, 1.165) is 5.76 Å². The smallest absolute Gasteiger partial charge is 0.250 e. The lowest BCUT2D eigenvalue weighted by Crippen LogP contribution is -2.29. The third-order valence-electron chi connectivity index (χ3n) is 2.95. The molecule has 2 rings (SSSR count). The minimum absolute atomic E-state index is 0.240. The normalized spacial score (nSPS) is 10.5. The van der Waals surface area contributed by atoms with Crippen molar-refractivity contribution < 1.29 is 18.7 Å². The number of aryl methyl sites for hydroxylation is 1. The third-order valence-corrected chi connectivity index (χ3v) is 3.77. The lowest BCUT2D eigenvalue weighted by molar-refractivity contribution is -0.128.